The summed E-state index contributed by atoms with van der Waals surface area (Å²) in [5.41, 5.74) is 0. The number of aliphatic hydroxyl groups excluding tert-OH is 7. The van der Waals surface area contributed by atoms with Gasteiger partial charge in [0.15, 0.2) is 18.7 Å². The third-order valence-corrected chi connectivity index (χ3v) is 11.5. The summed E-state index contributed by atoms with van der Waals surface area (Å²) in [5, 5.41) is 72.0. The lowest BCUT2D eigenvalue weighted by Crippen LogP contribution is -2.61. The van der Waals surface area contributed by atoms with E-state index >= 15 is 0 Å². The fourth-order valence-electron chi connectivity index (χ4n) is 7.36. The van der Waals surface area contributed by atoms with Crippen LogP contribution in [0.5, 0.6) is 0 Å². The number of esters is 2. The zero-order valence-electron chi connectivity index (χ0n) is 39.9. The van der Waals surface area contributed by atoms with Crippen LogP contribution < -0.4 is 0 Å². The van der Waals surface area contributed by atoms with Crippen LogP contribution in [-0.4, -0.2) is 142 Å². The lowest BCUT2D eigenvalue weighted by Gasteiger charge is -2.42. The number of ether oxygens (including phenoxy) is 6. The van der Waals surface area contributed by atoms with E-state index in [9.17, 15) is 45.3 Å². The molecule has 0 aromatic carbocycles. The summed E-state index contributed by atoms with van der Waals surface area (Å²) in [5.74, 6) is -0.981. The van der Waals surface area contributed by atoms with E-state index in [2.05, 4.69) is 74.6 Å². The van der Waals surface area contributed by atoms with Crippen molar-refractivity contribution in [3.63, 3.8) is 0 Å². The molecule has 0 radical (unpaired) electrons. The smallest absolute Gasteiger partial charge is 0.306 e. The van der Waals surface area contributed by atoms with E-state index in [4.69, 9.17) is 28.4 Å². The van der Waals surface area contributed by atoms with Gasteiger partial charge in [-0.1, -0.05) is 132 Å². The SMILES string of the molecule is CC/C=C/C/C=C/C/C=C/C/C=C/CCCCC(=O)OC[C@H](CO[C@@H]1O[C@H](CO[C@@H]2O[C@H](CO)[C@H](O)C(O)C2O)[C@H](O)C(O)C1O)OC(=O)CCCCCCCCCCC/C=C/CCCC. The molecule has 66 heavy (non-hydrogen) atoms. The highest BCUT2D eigenvalue weighted by molar-refractivity contribution is 5.70. The molecule has 0 aromatic rings. The second-order valence-electron chi connectivity index (χ2n) is 17.3. The highest BCUT2D eigenvalue weighted by atomic mass is 16.7. The molecule has 0 bridgehead atoms. The Hall–Kier alpha value is -2.80. The van der Waals surface area contributed by atoms with Crippen molar-refractivity contribution in [2.24, 2.45) is 0 Å². The molecule has 2 rings (SSSR count). The topological polar surface area (TPSA) is 231 Å². The monoisotopic (exact) mass is 939 g/mol. The Labute approximate surface area is 394 Å². The quantitative estimate of drug-likeness (QED) is 0.0201. The van der Waals surface area contributed by atoms with Crippen LogP contribution in [0.3, 0.4) is 0 Å². The number of carbonyl (C=O) groups is 2. The number of hydrogen-bond donors (Lipinski definition) is 7. The van der Waals surface area contributed by atoms with Crippen molar-refractivity contribution in [2.75, 3.05) is 26.4 Å². The molecule has 15 nitrogen and oxygen atoms in total. The zero-order chi connectivity index (χ0) is 48.2. The Morgan fingerprint density at radius 3 is 1.55 bits per heavy atom. The van der Waals surface area contributed by atoms with Crippen molar-refractivity contribution in [2.45, 2.75) is 223 Å². The van der Waals surface area contributed by atoms with E-state index < -0.39 is 99.3 Å². The molecule has 2 saturated heterocycles. The van der Waals surface area contributed by atoms with Crippen LogP contribution in [0, 0.1) is 0 Å². The Balaban J connectivity index is 1.84. The number of aliphatic hydroxyl groups is 7. The van der Waals surface area contributed by atoms with Crippen LogP contribution in [0.1, 0.15) is 155 Å². The summed E-state index contributed by atoms with van der Waals surface area (Å²) in [7, 11) is 0. The van der Waals surface area contributed by atoms with Gasteiger partial charge < -0.3 is 64.2 Å². The average molecular weight is 939 g/mol. The van der Waals surface area contributed by atoms with Gasteiger partial charge in [-0.25, -0.2) is 0 Å². The van der Waals surface area contributed by atoms with Crippen molar-refractivity contribution in [3.05, 3.63) is 60.8 Å². The van der Waals surface area contributed by atoms with Gasteiger partial charge in [0, 0.05) is 12.8 Å². The molecule has 0 amide bonds. The van der Waals surface area contributed by atoms with Crippen LogP contribution in [0.15, 0.2) is 60.8 Å². The minimum absolute atomic E-state index is 0.151. The maximum Gasteiger partial charge on any atom is 0.306 e. The number of rotatable bonds is 37. The first-order valence-electron chi connectivity index (χ1n) is 24.9. The molecule has 11 atom stereocenters. The largest absolute Gasteiger partial charge is 0.462 e. The first-order chi connectivity index (χ1) is 32.0. The summed E-state index contributed by atoms with van der Waals surface area (Å²) < 4.78 is 33.5. The summed E-state index contributed by atoms with van der Waals surface area (Å²) in [4.78, 5) is 25.7. The molecule has 2 aliphatic heterocycles. The Kier molecular flexibility index (Phi) is 34.2. The second-order valence-corrected chi connectivity index (χ2v) is 17.3. The summed E-state index contributed by atoms with van der Waals surface area (Å²) in [6, 6.07) is 0. The molecule has 7 N–H and O–H groups in total. The number of hydrogen-bond acceptors (Lipinski definition) is 15. The van der Waals surface area contributed by atoms with Gasteiger partial charge >= 0.3 is 11.9 Å². The maximum absolute atomic E-state index is 13.0. The third-order valence-electron chi connectivity index (χ3n) is 11.5. The third kappa shape index (κ3) is 26.1. The van der Waals surface area contributed by atoms with Gasteiger partial charge in [-0.05, 0) is 70.6 Å². The fourth-order valence-corrected chi connectivity index (χ4v) is 7.36. The number of allylic oxidation sites excluding steroid dienone is 10. The molecule has 0 spiro atoms. The van der Waals surface area contributed by atoms with Crippen LogP contribution >= 0.6 is 0 Å². The summed E-state index contributed by atoms with van der Waals surface area (Å²) in [6.45, 7) is 2.38. The minimum atomic E-state index is -1.77. The molecule has 0 saturated carbocycles. The lowest BCUT2D eigenvalue weighted by molar-refractivity contribution is -0.332. The molecule has 15 heteroatoms. The first-order valence-corrected chi connectivity index (χ1v) is 24.9. The molecule has 380 valence electrons. The number of carbonyl (C=O) groups excluding carboxylic acids is 2. The van der Waals surface area contributed by atoms with Crippen molar-refractivity contribution in [1.82, 2.24) is 0 Å². The molecule has 2 aliphatic rings. The van der Waals surface area contributed by atoms with Gasteiger partial charge in [-0.3, -0.25) is 9.59 Å². The highest BCUT2D eigenvalue weighted by Crippen LogP contribution is 2.26. The van der Waals surface area contributed by atoms with Crippen LogP contribution in [-0.2, 0) is 38.0 Å². The van der Waals surface area contributed by atoms with Gasteiger partial charge in [0.1, 0.15) is 55.4 Å². The predicted octanol–water partition coefficient (Wildman–Crippen LogP) is 6.49. The van der Waals surface area contributed by atoms with Crippen molar-refractivity contribution in [3.8, 4) is 0 Å². The summed E-state index contributed by atoms with van der Waals surface area (Å²) >= 11 is 0. The Bertz CT molecular complexity index is 1380. The van der Waals surface area contributed by atoms with Gasteiger partial charge in [0.05, 0.1) is 19.8 Å². The van der Waals surface area contributed by atoms with Crippen molar-refractivity contribution >= 4 is 11.9 Å². The zero-order valence-corrected chi connectivity index (χ0v) is 39.9. The highest BCUT2D eigenvalue weighted by Gasteiger charge is 2.47. The van der Waals surface area contributed by atoms with Crippen molar-refractivity contribution < 1.29 is 73.8 Å². The fraction of sp³-hybridized carbons (Fsp3) is 0.765. The van der Waals surface area contributed by atoms with Crippen LogP contribution in [0.25, 0.3) is 0 Å². The summed E-state index contributed by atoms with van der Waals surface area (Å²) in [6.07, 6.45) is 25.4. The molecular weight excluding hydrogens is 853 g/mol. The van der Waals surface area contributed by atoms with Gasteiger partial charge in [0.2, 0.25) is 0 Å². The molecular formula is C51H86O15. The molecule has 4 unspecified atom stereocenters. The van der Waals surface area contributed by atoms with E-state index in [0.717, 1.165) is 70.6 Å². The van der Waals surface area contributed by atoms with E-state index in [1.807, 2.05) is 0 Å². The maximum atomic E-state index is 13.0. The van der Waals surface area contributed by atoms with Crippen LogP contribution in [0.2, 0.25) is 0 Å². The van der Waals surface area contributed by atoms with Gasteiger partial charge in [-0.2, -0.15) is 0 Å². The molecule has 2 fully saturated rings. The first kappa shape index (κ1) is 59.3. The molecule has 0 aromatic heterocycles. The van der Waals surface area contributed by atoms with Crippen molar-refractivity contribution in [1.29, 1.82) is 0 Å². The van der Waals surface area contributed by atoms with E-state index in [1.54, 1.807) is 0 Å². The van der Waals surface area contributed by atoms with Gasteiger partial charge in [0.25, 0.3) is 0 Å². The van der Waals surface area contributed by atoms with Crippen LogP contribution in [0.4, 0.5) is 0 Å². The standard InChI is InChI=1S/C51H86O15/c1-3-5-7-9-11-13-15-17-19-21-23-25-27-29-31-33-42(53)61-36-39(64-43(54)34-32-30-28-26-24-22-20-18-16-14-12-10-8-6-4-2)37-62-50-49(60)47(58)45(56)41(66-50)38-63-51-48(59)46(57)44(55)40(35-52)65-51/h5,7,10-13,17,19,23,25,39-41,44-52,55-60H,3-4,6,8-9,14-16,18,20-22,24,26-38H2,1-2H3/b7-5+,12-10+,13-11+,19-17+,25-23+/t39-,40-,41-,44+,45+,46?,47?,48?,49?,50-,51-/m1/s1. The normalized spacial score (nSPS) is 26.7. The second kappa shape index (κ2) is 38.1. The molecule has 0 aliphatic carbocycles. The number of unbranched alkanes of at least 4 members (excludes halogenated alkanes) is 13. The van der Waals surface area contributed by atoms with E-state index in [-0.39, 0.29) is 19.4 Å². The average Bonchev–Trinajstić information content (AvgIpc) is 3.31. The van der Waals surface area contributed by atoms with E-state index in [1.165, 1.54) is 44.9 Å². The lowest BCUT2D eigenvalue weighted by atomic mass is 9.98. The predicted molar refractivity (Wildman–Crippen MR) is 252 cm³/mol. The van der Waals surface area contributed by atoms with E-state index in [0.29, 0.717) is 12.8 Å². The Morgan fingerprint density at radius 2 is 0.955 bits per heavy atom. The Morgan fingerprint density at radius 1 is 0.500 bits per heavy atom. The minimum Gasteiger partial charge on any atom is -0.462 e. The molecule has 2 heterocycles. The van der Waals surface area contributed by atoms with Gasteiger partial charge in [-0.15, -0.1) is 0 Å².